The van der Waals surface area contributed by atoms with Gasteiger partial charge in [-0.15, -0.1) is 0 Å². The van der Waals surface area contributed by atoms with Gasteiger partial charge in [0.05, 0.1) is 11.4 Å². The predicted molar refractivity (Wildman–Crippen MR) is 101 cm³/mol. The molecule has 1 aromatic heterocycles. The molecule has 0 atom stereocenters. The van der Waals surface area contributed by atoms with Gasteiger partial charge >= 0.3 is 5.69 Å². The van der Waals surface area contributed by atoms with Crippen LogP contribution in [0.5, 0.6) is 5.88 Å². The number of aromatic amines is 1. The van der Waals surface area contributed by atoms with Crippen molar-refractivity contribution in [3.63, 3.8) is 0 Å². The molecular weight excluding hydrogens is 330 g/mol. The third-order valence-corrected chi connectivity index (χ3v) is 4.30. The van der Waals surface area contributed by atoms with Crippen LogP contribution in [0, 0.1) is 0 Å². The van der Waals surface area contributed by atoms with Gasteiger partial charge in [0.1, 0.15) is 5.56 Å². The van der Waals surface area contributed by atoms with Crippen LogP contribution in [0.25, 0.3) is 17.3 Å². The molecule has 1 aliphatic rings. The quantitative estimate of drug-likeness (QED) is 0.749. The number of allylic oxidation sites excluding steroid dienone is 1. The summed E-state index contributed by atoms with van der Waals surface area (Å²) < 4.78 is 1.07. The Morgan fingerprint density at radius 3 is 2.50 bits per heavy atom. The average Bonchev–Trinajstić information content (AvgIpc) is 2.94. The van der Waals surface area contributed by atoms with Crippen LogP contribution in [0.15, 0.2) is 69.2 Å². The summed E-state index contributed by atoms with van der Waals surface area (Å²) in [6, 6.07) is 16.2. The Bertz CT molecular complexity index is 1180. The fourth-order valence-electron chi connectivity index (χ4n) is 3.05. The molecule has 0 fully saturated rings. The number of benzene rings is 2. The molecule has 0 spiro atoms. The monoisotopic (exact) mass is 345 g/mol. The average molecular weight is 345 g/mol. The maximum atomic E-state index is 12.3. The summed E-state index contributed by atoms with van der Waals surface area (Å²) >= 11 is 0. The van der Waals surface area contributed by atoms with E-state index in [9.17, 15) is 14.7 Å². The van der Waals surface area contributed by atoms with Crippen LogP contribution in [0.1, 0.15) is 18.1 Å². The van der Waals surface area contributed by atoms with Crippen molar-refractivity contribution >= 4 is 23.0 Å². The predicted octanol–water partition coefficient (Wildman–Crippen LogP) is 2.88. The third-order valence-electron chi connectivity index (χ3n) is 4.30. The summed E-state index contributed by atoms with van der Waals surface area (Å²) in [6.07, 6.45) is 1.57. The number of rotatable bonds is 2. The molecule has 2 heterocycles. The molecule has 0 unspecified atom stereocenters. The van der Waals surface area contributed by atoms with Gasteiger partial charge in [-0.05, 0) is 31.2 Å². The van der Waals surface area contributed by atoms with Crippen LogP contribution in [-0.4, -0.2) is 20.4 Å². The smallest absolute Gasteiger partial charge is 0.335 e. The van der Waals surface area contributed by atoms with Crippen molar-refractivity contribution in [3.8, 4) is 11.6 Å². The Morgan fingerprint density at radius 2 is 1.73 bits per heavy atom. The Morgan fingerprint density at radius 1 is 1.04 bits per heavy atom. The molecule has 4 rings (SSSR count). The van der Waals surface area contributed by atoms with Gasteiger partial charge in [-0.2, -0.15) is 0 Å². The largest absolute Gasteiger partial charge is 0.494 e. The van der Waals surface area contributed by atoms with Gasteiger partial charge in [0.2, 0.25) is 5.88 Å². The fraction of sp³-hybridized carbons (Fsp3) is 0.0500. The van der Waals surface area contributed by atoms with Crippen molar-refractivity contribution in [1.29, 1.82) is 0 Å². The van der Waals surface area contributed by atoms with Gasteiger partial charge in [0, 0.05) is 16.8 Å². The second-order valence-electron chi connectivity index (χ2n) is 5.94. The second-order valence-corrected chi connectivity index (χ2v) is 5.94. The number of H-pyrrole nitrogens is 1. The first-order valence-electron chi connectivity index (χ1n) is 8.07. The molecule has 0 saturated heterocycles. The lowest BCUT2D eigenvalue weighted by Gasteiger charge is -2.10. The minimum atomic E-state index is -0.696. The van der Waals surface area contributed by atoms with Gasteiger partial charge in [-0.25, -0.2) is 9.36 Å². The number of nitrogens with zero attached hydrogens (tertiary/aromatic N) is 2. The van der Waals surface area contributed by atoms with E-state index in [0.29, 0.717) is 5.69 Å². The van der Waals surface area contributed by atoms with E-state index in [1.807, 2.05) is 31.2 Å². The zero-order valence-corrected chi connectivity index (χ0v) is 13.9. The van der Waals surface area contributed by atoms with Crippen LogP contribution in [0.3, 0.4) is 0 Å². The fourth-order valence-corrected chi connectivity index (χ4v) is 3.05. The molecule has 0 saturated carbocycles. The summed E-state index contributed by atoms with van der Waals surface area (Å²) in [4.78, 5) is 31.3. The van der Waals surface area contributed by atoms with Crippen LogP contribution in [-0.2, 0) is 0 Å². The lowest BCUT2D eigenvalue weighted by molar-refractivity contribution is 0.429. The van der Waals surface area contributed by atoms with Crippen molar-refractivity contribution in [2.45, 2.75) is 6.92 Å². The number of aliphatic imine (C=N–C) groups is 1. The first kappa shape index (κ1) is 15.8. The Balaban J connectivity index is 1.96. The van der Waals surface area contributed by atoms with Crippen molar-refractivity contribution in [1.82, 2.24) is 9.55 Å². The Labute approximate surface area is 148 Å². The number of hydrogen-bond donors (Lipinski definition) is 2. The molecular formula is C20H15N3O3. The zero-order valence-electron chi connectivity index (χ0n) is 13.9. The zero-order chi connectivity index (χ0) is 18.3. The summed E-state index contributed by atoms with van der Waals surface area (Å²) in [5.74, 6) is -0.408. The van der Waals surface area contributed by atoms with Gasteiger partial charge in [0.25, 0.3) is 5.56 Å². The highest BCUT2D eigenvalue weighted by Crippen LogP contribution is 2.36. The normalized spacial score (nSPS) is 14.3. The minimum Gasteiger partial charge on any atom is -0.494 e. The van der Waals surface area contributed by atoms with Gasteiger partial charge < -0.3 is 5.11 Å². The molecule has 2 aromatic carbocycles. The SMILES string of the molecule is CC1=Nc2ccccc2C1=Cc1c(O)n(-c2ccccc2)c(=O)[nH]c1=O. The van der Waals surface area contributed by atoms with E-state index in [1.165, 1.54) is 0 Å². The van der Waals surface area contributed by atoms with E-state index in [4.69, 9.17) is 0 Å². The molecule has 1 aliphatic heterocycles. The lowest BCUT2D eigenvalue weighted by Crippen LogP contribution is -2.30. The van der Waals surface area contributed by atoms with E-state index in [-0.39, 0.29) is 5.56 Å². The number of nitrogens with one attached hydrogen (secondary N) is 1. The summed E-state index contributed by atoms with van der Waals surface area (Å²) in [5.41, 5.74) is 2.28. The summed E-state index contributed by atoms with van der Waals surface area (Å²) in [6.45, 7) is 1.84. The molecule has 0 bridgehead atoms. The van der Waals surface area contributed by atoms with Crippen LogP contribution >= 0.6 is 0 Å². The first-order valence-corrected chi connectivity index (χ1v) is 8.07. The highest BCUT2D eigenvalue weighted by molar-refractivity contribution is 6.31. The van der Waals surface area contributed by atoms with Gasteiger partial charge in [-0.1, -0.05) is 36.4 Å². The molecule has 2 N–H and O–H groups in total. The standard InChI is InChI=1S/C20H15N3O3/c1-12-15(14-9-5-6-10-17(14)21-12)11-16-18(24)22-20(26)23(19(16)25)13-7-3-2-4-8-13/h2-11,25H,1H3,(H,22,24,26). The molecule has 0 aliphatic carbocycles. The molecule has 26 heavy (non-hydrogen) atoms. The number of para-hydroxylation sites is 2. The van der Waals surface area contributed by atoms with Crippen molar-refractivity contribution in [2.24, 2.45) is 4.99 Å². The highest BCUT2D eigenvalue weighted by atomic mass is 16.3. The first-order chi connectivity index (χ1) is 12.6. The summed E-state index contributed by atoms with van der Waals surface area (Å²) in [5, 5.41) is 10.7. The van der Waals surface area contributed by atoms with Crippen LogP contribution in [0.2, 0.25) is 0 Å². The molecule has 6 heteroatoms. The van der Waals surface area contributed by atoms with E-state index >= 15 is 0 Å². The molecule has 3 aromatic rings. The highest BCUT2D eigenvalue weighted by Gasteiger charge is 2.20. The van der Waals surface area contributed by atoms with Crippen LogP contribution < -0.4 is 11.2 Å². The van der Waals surface area contributed by atoms with Gasteiger partial charge in [0.15, 0.2) is 0 Å². The second kappa shape index (κ2) is 6.00. The summed E-state index contributed by atoms with van der Waals surface area (Å²) in [7, 11) is 0. The maximum Gasteiger partial charge on any atom is 0.335 e. The van der Waals surface area contributed by atoms with E-state index in [0.717, 1.165) is 27.1 Å². The van der Waals surface area contributed by atoms with Gasteiger partial charge in [-0.3, -0.25) is 14.8 Å². The number of aromatic hydroxyl groups is 1. The molecule has 0 amide bonds. The molecule has 6 nitrogen and oxygen atoms in total. The number of aromatic nitrogens is 2. The lowest BCUT2D eigenvalue weighted by atomic mass is 10.0. The number of fused-ring (bicyclic) bond motifs is 1. The number of hydrogen-bond acceptors (Lipinski definition) is 4. The minimum absolute atomic E-state index is 0.00899. The third kappa shape index (κ3) is 2.48. The van der Waals surface area contributed by atoms with Crippen molar-refractivity contribution in [3.05, 3.63) is 86.6 Å². The topological polar surface area (TPSA) is 87.4 Å². The molecule has 128 valence electrons. The Hall–Kier alpha value is -3.67. The maximum absolute atomic E-state index is 12.3. The van der Waals surface area contributed by atoms with Crippen LogP contribution in [0.4, 0.5) is 5.69 Å². The van der Waals surface area contributed by atoms with Crippen molar-refractivity contribution in [2.75, 3.05) is 0 Å². The van der Waals surface area contributed by atoms with E-state index in [1.54, 1.807) is 36.4 Å². The Kier molecular flexibility index (Phi) is 3.65. The van der Waals surface area contributed by atoms with E-state index < -0.39 is 17.1 Å². The van der Waals surface area contributed by atoms with E-state index in [2.05, 4.69) is 9.98 Å². The van der Waals surface area contributed by atoms with Crippen molar-refractivity contribution < 1.29 is 5.11 Å². The molecule has 0 radical (unpaired) electrons.